The summed E-state index contributed by atoms with van der Waals surface area (Å²) < 4.78 is 10.1. The molecule has 0 spiro atoms. The van der Waals surface area contributed by atoms with Gasteiger partial charge >= 0.3 is 5.97 Å². The maximum absolute atomic E-state index is 11.6. The van der Waals surface area contributed by atoms with Crippen LogP contribution in [0.2, 0.25) is 0 Å². The number of esters is 1. The summed E-state index contributed by atoms with van der Waals surface area (Å²) in [5, 5.41) is 0. The van der Waals surface area contributed by atoms with Crippen molar-refractivity contribution < 1.29 is 14.3 Å². The summed E-state index contributed by atoms with van der Waals surface area (Å²) in [7, 11) is 1.65. The molecule has 0 aliphatic heterocycles. The zero-order valence-corrected chi connectivity index (χ0v) is 13.2. The Morgan fingerprint density at radius 1 is 1.35 bits per heavy atom. The van der Waals surface area contributed by atoms with Crippen molar-refractivity contribution in [3.8, 4) is 5.75 Å². The van der Waals surface area contributed by atoms with E-state index in [1.54, 1.807) is 32.7 Å². The molecule has 0 heterocycles. The van der Waals surface area contributed by atoms with Crippen molar-refractivity contribution in [3.05, 3.63) is 24.3 Å². The number of hydrogen-bond donors (Lipinski definition) is 1. The van der Waals surface area contributed by atoms with Crippen molar-refractivity contribution in [2.75, 3.05) is 19.5 Å². The van der Waals surface area contributed by atoms with Crippen LogP contribution in [0.25, 0.3) is 0 Å². The van der Waals surface area contributed by atoms with Crippen LogP contribution in [-0.2, 0) is 9.53 Å². The van der Waals surface area contributed by atoms with Crippen molar-refractivity contribution in [1.29, 1.82) is 0 Å². The molecule has 5 heteroatoms. The van der Waals surface area contributed by atoms with E-state index >= 15 is 0 Å². The van der Waals surface area contributed by atoms with Gasteiger partial charge in [-0.25, -0.2) is 0 Å². The molecule has 0 aliphatic carbocycles. The van der Waals surface area contributed by atoms with Crippen molar-refractivity contribution in [2.45, 2.75) is 37.1 Å². The quantitative estimate of drug-likeness (QED) is 0.454. The molecule has 0 bridgehead atoms. The van der Waals surface area contributed by atoms with E-state index in [1.165, 1.54) is 4.90 Å². The molecule has 112 valence electrons. The van der Waals surface area contributed by atoms with E-state index in [-0.39, 0.29) is 5.97 Å². The summed E-state index contributed by atoms with van der Waals surface area (Å²) in [6.45, 7) is 3.88. The second kappa shape index (κ2) is 8.17. The summed E-state index contributed by atoms with van der Waals surface area (Å²) in [5.74, 6) is 1.44. The highest BCUT2D eigenvalue weighted by Gasteiger charge is 2.28. The van der Waals surface area contributed by atoms with Crippen LogP contribution in [0, 0.1) is 0 Å². The van der Waals surface area contributed by atoms with Gasteiger partial charge in [-0.2, -0.15) is 0 Å². The van der Waals surface area contributed by atoms with Crippen LogP contribution < -0.4 is 10.5 Å². The number of carbonyl (C=O) groups excluding carboxylic acids is 1. The minimum atomic E-state index is -0.892. The zero-order valence-electron chi connectivity index (χ0n) is 12.3. The average molecular weight is 297 g/mol. The summed E-state index contributed by atoms with van der Waals surface area (Å²) in [4.78, 5) is 12.8. The van der Waals surface area contributed by atoms with Gasteiger partial charge in [-0.1, -0.05) is 0 Å². The molecule has 2 N–H and O–H groups in total. The van der Waals surface area contributed by atoms with E-state index in [9.17, 15) is 4.79 Å². The standard InChI is InChI=1S/C15H23NO3S/c1-4-19-14(17)15(2,16)10-5-11-20-13-8-6-12(18-3)7-9-13/h6-9H,4-5,10-11,16H2,1-3H3. The Balaban J connectivity index is 2.31. The number of methoxy groups -OCH3 is 1. The molecule has 1 aromatic carbocycles. The fourth-order valence-electron chi connectivity index (χ4n) is 1.70. The van der Waals surface area contributed by atoms with Crippen molar-refractivity contribution >= 4 is 17.7 Å². The third-order valence-electron chi connectivity index (χ3n) is 2.91. The Morgan fingerprint density at radius 2 is 2.00 bits per heavy atom. The Morgan fingerprint density at radius 3 is 2.55 bits per heavy atom. The normalized spacial score (nSPS) is 13.6. The minimum Gasteiger partial charge on any atom is -0.497 e. The first-order chi connectivity index (χ1) is 9.49. The van der Waals surface area contributed by atoms with Crippen LogP contribution >= 0.6 is 11.8 Å². The summed E-state index contributed by atoms with van der Waals surface area (Å²) in [5.41, 5.74) is 5.07. The maximum atomic E-state index is 11.6. The Kier molecular flexibility index (Phi) is 6.88. The van der Waals surface area contributed by atoms with Gasteiger partial charge in [-0.3, -0.25) is 4.79 Å². The first-order valence-electron chi connectivity index (χ1n) is 6.72. The third-order valence-corrected chi connectivity index (χ3v) is 4.01. The van der Waals surface area contributed by atoms with Gasteiger partial charge in [-0.15, -0.1) is 11.8 Å². The second-order valence-electron chi connectivity index (χ2n) is 4.77. The van der Waals surface area contributed by atoms with Crippen molar-refractivity contribution in [2.24, 2.45) is 5.73 Å². The predicted molar refractivity (Wildman–Crippen MR) is 82.2 cm³/mol. The predicted octanol–water partition coefficient (Wildman–Crippen LogP) is 2.85. The number of nitrogens with two attached hydrogens (primary N) is 1. The smallest absolute Gasteiger partial charge is 0.325 e. The Labute approximate surface area is 125 Å². The summed E-state index contributed by atoms with van der Waals surface area (Å²) in [6, 6.07) is 7.93. The molecule has 0 fully saturated rings. The molecule has 1 aromatic rings. The van der Waals surface area contributed by atoms with Gasteiger partial charge in [0.05, 0.1) is 13.7 Å². The lowest BCUT2D eigenvalue weighted by atomic mass is 9.98. The number of thioether (sulfide) groups is 1. The van der Waals surface area contributed by atoms with Crippen LogP contribution in [-0.4, -0.2) is 31.0 Å². The van der Waals surface area contributed by atoms with Crippen molar-refractivity contribution in [1.82, 2.24) is 0 Å². The van der Waals surface area contributed by atoms with Gasteiger partial charge in [0, 0.05) is 4.90 Å². The van der Waals surface area contributed by atoms with Gasteiger partial charge in [0.25, 0.3) is 0 Å². The van der Waals surface area contributed by atoms with Gasteiger partial charge in [0.15, 0.2) is 0 Å². The van der Waals surface area contributed by atoms with Crippen LogP contribution in [0.15, 0.2) is 29.2 Å². The molecule has 4 nitrogen and oxygen atoms in total. The molecular weight excluding hydrogens is 274 g/mol. The third kappa shape index (κ3) is 5.43. The topological polar surface area (TPSA) is 61.5 Å². The highest BCUT2D eigenvalue weighted by atomic mass is 32.2. The molecule has 20 heavy (non-hydrogen) atoms. The van der Waals surface area contributed by atoms with Gasteiger partial charge in [0.1, 0.15) is 11.3 Å². The molecule has 0 radical (unpaired) electrons. The lowest BCUT2D eigenvalue weighted by Gasteiger charge is -2.21. The zero-order chi connectivity index (χ0) is 15.0. The average Bonchev–Trinajstić information content (AvgIpc) is 2.44. The van der Waals surface area contributed by atoms with Crippen LogP contribution in [0.1, 0.15) is 26.7 Å². The van der Waals surface area contributed by atoms with Crippen LogP contribution in [0.5, 0.6) is 5.75 Å². The monoisotopic (exact) mass is 297 g/mol. The Bertz CT molecular complexity index is 418. The van der Waals surface area contributed by atoms with E-state index in [0.29, 0.717) is 13.0 Å². The molecule has 1 atom stereocenters. The van der Waals surface area contributed by atoms with Gasteiger partial charge < -0.3 is 15.2 Å². The van der Waals surface area contributed by atoms with E-state index in [1.807, 2.05) is 24.3 Å². The van der Waals surface area contributed by atoms with E-state index in [0.717, 1.165) is 17.9 Å². The highest BCUT2D eigenvalue weighted by molar-refractivity contribution is 7.99. The number of hydrogen-bond acceptors (Lipinski definition) is 5. The lowest BCUT2D eigenvalue weighted by Crippen LogP contribution is -2.46. The molecule has 0 saturated heterocycles. The van der Waals surface area contributed by atoms with Gasteiger partial charge in [0.2, 0.25) is 0 Å². The first-order valence-corrected chi connectivity index (χ1v) is 7.71. The van der Waals surface area contributed by atoms with E-state index in [2.05, 4.69) is 0 Å². The fraction of sp³-hybridized carbons (Fsp3) is 0.533. The SMILES string of the molecule is CCOC(=O)C(C)(N)CCCSc1ccc(OC)cc1. The molecule has 0 aliphatic rings. The molecule has 0 aromatic heterocycles. The Hall–Kier alpha value is -1.20. The molecule has 1 rings (SSSR count). The van der Waals surface area contributed by atoms with Crippen molar-refractivity contribution in [3.63, 3.8) is 0 Å². The van der Waals surface area contributed by atoms with Crippen LogP contribution in [0.4, 0.5) is 0 Å². The summed E-state index contributed by atoms with van der Waals surface area (Å²) >= 11 is 1.74. The second-order valence-corrected chi connectivity index (χ2v) is 5.93. The van der Waals surface area contributed by atoms with E-state index in [4.69, 9.17) is 15.2 Å². The number of ether oxygens (including phenoxy) is 2. The molecule has 1 unspecified atom stereocenters. The summed E-state index contributed by atoms with van der Waals surface area (Å²) in [6.07, 6.45) is 1.48. The molecule has 0 saturated carbocycles. The van der Waals surface area contributed by atoms with Gasteiger partial charge in [-0.05, 0) is 56.7 Å². The first kappa shape index (κ1) is 16.9. The fourth-order valence-corrected chi connectivity index (χ4v) is 2.55. The van der Waals surface area contributed by atoms with E-state index < -0.39 is 5.54 Å². The highest BCUT2D eigenvalue weighted by Crippen LogP contribution is 2.23. The number of rotatable bonds is 8. The number of carbonyl (C=O) groups is 1. The lowest BCUT2D eigenvalue weighted by molar-refractivity contribution is -0.149. The molecule has 0 amide bonds. The minimum absolute atomic E-state index is 0.325. The largest absolute Gasteiger partial charge is 0.497 e. The molecular formula is C15H23NO3S. The van der Waals surface area contributed by atoms with Crippen LogP contribution in [0.3, 0.4) is 0 Å². The maximum Gasteiger partial charge on any atom is 0.325 e. The number of benzene rings is 1.